The topological polar surface area (TPSA) is 114 Å². The molecule has 0 spiro atoms. The molecule has 1 aromatic heterocycles. The van der Waals surface area contributed by atoms with Gasteiger partial charge in [0.25, 0.3) is 0 Å². The standard InChI is InChI=1S/C21H24N4O5S/c1-9-15(18(20(29)30)25-17(9)16(10(2)26)19(25)28)13-6-12-7-23(8-14(12)31-13)21-22-4-5-24(21)11(3)27/h6,9-10,16-17,26H,4-5,7-8H2,1-3H3,(H,29,30)/t9-,10+,16+,17+/m0/s1. The Morgan fingerprint density at radius 2 is 2.06 bits per heavy atom. The van der Waals surface area contributed by atoms with E-state index < -0.39 is 18.0 Å². The number of carbonyl (C=O) groups excluding carboxylic acids is 2. The van der Waals surface area contributed by atoms with E-state index in [1.165, 1.54) is 23.2 Å². The molecule has 31 heavy (non-hydrogen) atoms. The average molecular weight is 445 g/mol. The summed E-state index contributed by atoms with van der Waals surface area (Å²) in [5.74, 6) is -1.50. The summed E-state index contributed by atoms with van der Waals surface area (Å²) in [4.78, 5) is 48.1. The highest BCUT2D eigenvalue weighted by Gasteiger charge is 2.60. The molecule has 0 radical (unpaired) electrons. The first-order valence-electron chi connectivity index (χ1n) is 10.4. The normalized spacial score (nSPS) is 28.0. The van der Waals surface area contributed by atoms with Gasteiger partial charge in [-0.15, -0.1) is 11.3 Å². The summed E-state index contributed by atoms with van der Waals surface area (Å²) in [7, 11) is 0. The smallest absolute Gasteiger partial charge is 0.352 e. The van der Waals surface area contributed by atoms with E-state index in [9.17, 15) is 24.6 Å². The van der Waals surface area contributed by atoms with Crippen LogP contribution in [0.4, 0.5) is 0 Å². The third kappa shape index (κ3) is 2.77. The van der Waals surface area contributed by atoms with Crippen LogP contribution in [0.1, 0.15) is 36.1 Å². The van der Waals surface area contributed by atoms with Crippen molar-refractivity contribution < 1.29 is 24.6 Å². The van der Waals surface area contributed by atoms with E-state index in [-0.39, 0.29) is 29.5 Å². The number of aliphatic carboxylic acids is 1. The SMILES string of the molecule is CC(=O)N1CCN=C1N1Cc2cc(C3=C(C(=O)O)N4C(=O)[C@H]([C@@H](C)O)[C@H]4[C@H]3C)sc2C1. The highest BCUT2D eigenvalue weighted by Crippen LogP contribution is 2.52. The maximum atomic E-state index is 12.6. The number of carbonyl (C=O) groups is 3. The van der Waals surface area contributed by atoms with Crippen LogP contribution in [0.3, 0.4) is 0 Å². The molecule has 2 N–H and O–H groups in total. The number of rotatable bonds is 3. The largest absolute Gasteiger partial charge is 0.477 e. The van der Waals surface area contributed by atoms with Crippen LogP contribution in [0.25, 0.3) is 5.57 Å². The Kier molecular flexibility index (Phi) is 4.49. The number of β-lactam (4-membered cyclic amide) rings is 1. The van der Waals surface area contributed by atoms with Crippen molar-refractivity contribution in [2.45, 2.75) is 46.0 Å². The molecule has 0 unspecified atom stereocenters. The molecular weight excluding hydrogens is 420 g/mol. The van der Waals surface area contributed by atoms with Crippen molar-refractivity contribution >= 4 is 40.7 Å². The summed E-state index contributed by atoms with van der Waals surface area (Å²) in [6.45, 7) is 7.48. The summed E-state index contributed by atoms with van der Waals surface area (Å²) in [5.41, 5.74) is 1.80. The zero-order valence-corrected chi connectivity index (χ0v) is 18.3. The van der Waals surface area contributed by atoms with Gasteiger partial charge >= 0.3 is 5.97 Å². The Morgan fingerprint density at radius 1 is 1.32 bits per heavy atom. The lowest BCUT2D eigenvalue weighted by Crippen LogP contribution is -2.63. The van der Waals surface area contributed by atoms with Crippen LogP contribution in [-0.2, 0) is 27.5 Å². The molecule has 0 aromatic carbocycles. The number of carboxylic acids is 1. The third-order valence-corrected chi connectivity index (χ3v) is 7.91. The predicted octanol–water partition coefficient (Wildman–Crippen LogP) is 0.935. The van der Waals surface area contributed by atoms with Gasteiger partial charge in [-0.25, -0.2) is 4.79 Å². The zero-order chi connectivity index (χ0) is 22.2. The van der Waals surface area contributed by atoms with Gasteiger partial charge in [-0.1, -0.05) is 6.92 Å². The minimum Gasteiger partial charge on any atom is -0.477 e. The van der Waals surface area contributed by atoms with Gasteiger partial charge in [-0.05, 0) is 18.6 Å². The fourth-order valence-electron chi connectivity index (χ4n) is 5.34. The lowest BCUT2D eigenvalue weighted by atomic mass is 9.77. The van der Waals surface area contributed by atoms with Crippen LogP contribution >= 0.6 is 11.3 Å². The summed E-state index contributed by atoms with van der Waals surface area (Å²) >= 11 is 1.54. The van der Waals surface area contributed by atoms with Crippen molar-refractivity contribution in [3.05, 3.63) is 27.1 Å². The summed E-state index contributed by atoms with van der Waals surface area (Å²) < 4.78 is 0. The molecule has 4 atom stereocenters. The molecule has 4 aliphatic rings. The van der Waals surface area contributed by atoms with E-state index in [0.717, 1.165) is 15.3 Å². The van der Waals surface area contributed by atoms with Gasteiger partial charge in [-0.2, -0.15) is 0 Å². The molecule has 164 valence electrons. The lowest BCUT2D eigenvalue weighted by Gasteiger charge is -2.46. The Balaban J connectivity index is 1.44. The van der Waals surface area contributed by atoms with Crippen molar-refractivity contribution in [1.29, 1.82) is 0 Å². The highest BCUT2D eigenvalue weighted by molar-refractivity contribution is 7.13. The van der Waals surface area contributed by atoms with Crippen molar-refractivity contribution in [2.75, 3.05) is 13.1 Å². The van der Waals surface area contributed by atoms with Crippen LogP contribution in [0.15, 0.2) is 16.8 Å². The number of nitrogens with zero attached hydrogens (tertiary/aromatic N) is 4. The minimum atomic E-state index is -1.12. The number of thiophene rings is 1. The van der Waals surface area contributed by atoms with Gasteiger partial charge in [0.15, 0.2) is 0 Å². The van der Waals surface area contributed by atoms with E-state index >= 15 is 0 Å². The molecule has 4 aliphatic heterocycles. The number of aliphatic hydroxyl groups excluding tert-OH is 1. The fourth-order valence-corrected chi connectivity index (χ4v) is 6.67. The van der Waals surface area contributed by atoms with Gasteiger partial charge in [0.05, 0.1) is 31.2 Å². The lowest BCUT2D eigenvalue weighted by molar-refractivity contribution is -0.163. The number of hydrogen-bond acceptors (Lipinski definition) is 7. The number of aliphatic hydroxyl groups is 1. The molecule has 0 aliphatic carbocycles. The molecule has 5 rings (SSSR count). The Hall–Kier alpha value is -2.72. The molecule has 5 heterocycles. The average Bonchev–Trinajstić information content (AvgIpc) is 3.40. The molecule has 0 bridgehead atoms. The summed E-state index contributed by atoms with van der Waals surface area (Å²) in [5, 5.41) is 19.9. The van der Waals surface area contributed by atoms with Crippen LogP contribution in [-0.4, -0.2) is 73.9 Å². The van der Waals surface area contributed by atoms with E-state index in [4.69, 9.17) is 0 Å². The first kappa shape index (κ1) is 20.2. The van der Waals surface area contributed by atoms with Crippen molar-refractivity contribution in [2.24, 2.45) is 16.8 Å². The van der Waals surface area contributed by atoms with E-state index in [0.29, 0.717) is 37.7 Å². The van der Waals surface area contributed by atoms with Crippen molar-refractivity contribution in [3.8, 4) is 0 Å². The second-order valence-electron chi connectivity index (χ2n) is 8.59. The Bertz CT molecular complexity index is 1050. The molecule has 1 aromatic rings. The monoisotopic (exact) mass is 444 g/mol. The molecule has 1 saturated heterocycles. The first-order valence-corrected chi connectivity index (χ1v) is 11.2. The maximum Gasteiger partial charge on any atom is 0.352 e. The minimum absolute atomic E-state index is 0.0231. The number of guanidine groups is 1. The third-order valence-electron chi connectivity index (χ3n) is 6.71. The van der Waals surface area contributed by atoms with Gasteiger partial charge in [0.1, 0.15) is 5.70 Å². The van der Waals surface area contributed by atoms with E-state index in [1.807, 2.05) is 13.0 Å². The van der Waals surface area contributed by atoms with Crippen LogP contribution in [0, 0.1) is 11.8 Å². The van der Waals surface area contributed by atoms with E-state index in [2.05, 4.69) is 9.89 Å². The van der Waals surface area contributed by atoms with E-state index in [1.54, 1.807) is 11.8 Å². The number of hydrogen-bond donors (Lipinski definition) is 2. The number of amides is 2. The predicted molar refractivity (Wildman–Crippen MR) is 113 cm³/mol. The quantitative estimate of drug-likeness (QED) is 0.671. The highest BCUT2D eigenvalue weighted by atomic mass is 32.1. The van der Waals surface area contributed by atoms with Crippen LogP contribution in [0.5, 0.6) is 0 Å². The number of aliphatic imine (C=N–C) groups is 1. The maximum absolute atomic E-state index is 12.6. The number of carboxylic acid groups (broad SMARTS) is 1. The molecule has 10 heteroatoms. The zero-order valence-electron chi connectivity index (χ0n) is 17.5. The molecular formula is C21H24N4O5S. The second-order valence-corrected chi connectivity index (χ2v) is 9.73. The van der Waals surface area contributed by atoms with Gasteiger partial charge in [-0.3, -0.25) is 19.5 Å². The van der Waals surface area contributed by atoms with Gasteiger partial charge in [0.2, 0.25) is 17.8 Å². The second kappa shape index (κ2) is 6.89. The molecule has 0 saturated carbocycles. The molecule has 2 amide bonds. The van der Waals surface area contributed by atoms with Crippen molar-refractivity contribution in [3.63, 3.8) is 0 Å². The van der Waals surface area contributed by atoms with Crippen LogP contribution in [0.2, 0.25) is 0 Å². The Labute approximate surface area is 183 Å². The van der Waals surface area contributed by atoms with Gasteiger partial charge in [0, 0.05) is 41.3 Å². The number of fused-ring (bicyclic) bond motifs is 2. The molecule has 9 nitrogen and oxygen atoms in total. The fraction of sp³-hybridized carbons (Fsp3) is 0.524. The van der Waals surface area contributed by atoms with Crippen LogP contribution < -0.4 is 0 Å². The van der Waals surface area contributed by atoms with Gasteiger partial charge < -0.3 is 20.0 Å². The van der Waals surface area contributed by atoms with Crippen molar-refractivity contribution in [1.82, 2.24) is 14.7 Å². The Morgan fingerprint density at radius 3 is 2.68 bits per heavy atom. The summed E-state index contributed by atoms with van der Waals surface area (Å²) in [6.07, 6.45) is -0.816. The first-order chi connectivity index (χ1) is 14.7. The molecule has 1 fully saturated rings. The summed E-state index contributed by atoms with van der Waals surface area (Å²) in [6, 6.07) is 1.69.